The minimum absolute atomic E-state index is 0.0402. The Kier molecular flexibility index (Phi) is 14.1. The van der Waals surface area contributed by atoms with Gasteiger partial charge < -0.3 is 39.6 Å². The Labute approximate surface area is 300 Å². The second-order valence-electron chi connectivity index (χ2n) is 12.8. The van der Waals surface area contributed by atoms with Crippen LogP contribution in [-0.2, 0) is 14.8 Å². The zero-order valence-electron chi connectivity index (χ0n) is 30.1. The lowest BCUT2D eigenvalue weighted by atomic mass is 10.0. The molecule has 0 aromatic heterocycles. The number of hydrogen-bond donors (Lipinski definition) is 3. The van der Waals surface area contributed by atoms with Crippen molar-refractivity contribution >= 4 is 33.3 Å². The summed E-state index contributed by atoms with van der Waals surface area (Å²) in [7, 11) is 0.718. The summed E-state index contributed by atoms with van der Waals surface area (Å²) in [4.78, 5) is 29.0. The summed E-state index contributed by atoms with van der Waals surface area (Å²) in [6.07, 6.45) is 1.38. The molecule has 0 bridgehead atoms. The molecule has 1 heterocycles. The molecule has 0 fully saturated rings. The highest BCUT2D eigenvalue weighted by molar-refractivity contribution is 7.89. The van der Waals surface area contributed by atoms with E-state index < -0.39 is 34.1 Å². The zero-order valence-corrected chi connectivity index (χ0v) is 30.9. The monoisotopic (exact) mass is 726 g/mol. The second-order valence-corrected chi connectivity index (χ2v) is 14.8. The molecule has 4 rings (SSSR count). The fraction of sp³-hybridized carbons (Fsp3) is 0.459. The van der Waals surface area contributed by atoms with Crippen LogP contribution in [0.4, 0.5) is 16.2 Å². The van der Waals surface area contributed by atoms with E-state index in [0.29, 0.717) is 41.7 Å². The summed E-state index contributed by atoms with van der Waals surface area (Å²) in [5, 5.41) is 15.8. The van der Waals surface area contributed by atoms with Crippen LogP contribution in [-0.4, -0.2) is 100 Å². The van der Waals surface area contributed by atoms with Gasteiger partial charge in [0.1, 0.15) is 17.2 Å². The normalized spacial score (nSPS) is 19.6. The lowest BCUT2D eigenvalue weighted by molar-refractivity contribution is -0.00834. The van der Waals surface area contributed by atoms with E-state index >= 15 is 0 Å². The number of urea groups is 1. The van der Waals surface area contributed by atoms with Crippen LogP contribution in [0, 0.1) is 5.92 Å². The van der Waals surface area contributed by atoms with Crippen LogP contribution < -0.4 is 24.8 Å². The van der Waals surface area contributed by atoms with Crippen molar-refractivity contribution in [2.24, 2.45) is 5.92 Å². The number of fused-ring (bicyclic) bond motifs is 1. The largest absolute Gasteiger partial charge is 0.497 e. The first-order valence-corrected chi connectivity index (χ1v) is 18.5. The quantitative estimate of drug-likeness (QED) is 0.247. The van der Waals surface area contributed by atoms with E-state index in [9.17, 15) is 23.1 Å². The van der Waals surface area contributed by atoms with Gasteiger partial charge in [0.05, 0.1) is 49.5 Å². The number of anilines is 2. The Morgan fingerprint density at radius 2 is 1.59 bits per heavy atom. The summed E-state index contributed by atoms with van der Waals surface area (Å²) in [6, 6.07) is 16.8. The fourth-order valence-electron chi connectivity index (χ4n) is 5.71. The third-order valence-corrected chi connectivity index (χ3v) is 10.7. The number of carbonyl (C=O) groups excluding carboxylic acids is 2. The van der Waals surface area contributed by atoms with E-state index in [1.807, 2.05) is 13.8 Å². The Morgan fingerprint density at radius 3 is 2.22 bits per heavy atom. The molecular formula is C37H50N4O9S. The zero-order chi connectivity index (χ0) is 37.1. The number of sulfonamides is 1. The van der Waals surface area contributed by atoms with Crippen molar-refractivity contribution in [1.29, 1.82) is 0 Å². The Hall–Kier alpha value is -4.37. The van der Waals surface area contributed by atoms with Crippen LogP contribution in [0.15, 0.2) is 71.6 Å². The van der Waals surface area contributed by atoms with Gasteiger partial charge in [-0.1, -0.05) is 6.92 Å². The van der Waals surface area contributed by atoms with Gasteiger partial charge in [0, 0.05) is 44.0 Å². The number of aliphatic hydroxyl groups excluding tert-OH is 1. The minimum atomic E-state index is -3.86. The molecule has 278 valence electrons. The van der Waals surface area contributed by atoms with E-state index in [0.717, 1.165) is 12.8 Å². The minimum Gasteiger partial charge on any atom is -0.497 e. The third kappa shape index (κ3) is 10.6. The first kappa shape index (κ1) is 39.4. The summed E-state index contributed by atoms with van der Waals surface area (Å²) in [6.45, 7) is 5.82. The van der Waals surface area contributed by atoms with Crippen LogP contribution in [0.3, 0.4) is 0 Å². The fourth-order valence-corrected chi connectivity index (χ4v) is 6.89. The van der Waals surface area contributed by atoms with Gasteiger partial charge in [0.2, 0.25) is 10.0 Å². The number of hydrogen-bond acceptors (Lipinski definition) is 9. The summed E-state index contributed by atoms with van der Waals surface area (Å²) < 4.78 is 51.3. The molecule has 3 aromatic carbocycles. The molecule has 3 aromatic rings. The number of likely N-dealkylation sites (N-methyl/N-ethyl adjacent to an activating group) is 1. The van der Waals surface area contributed by atoms with Gasteiger partial charge in [0.15, 0.2) is 0 Å². The molecule has 0 saturated carbocycles. The van der Waals surface area contributed by atoms with E-state index in [-0.39, 0.29) is 42.2 Å². The number of methoxy groups -OCH3 is 2. The predicted molar refractivity (Wildman–Crippen MR) is 195 cm³/mol. The van der Waals surface area contributed by atoms with Gasteiger partial charge in [-0.3, -0.25) is 4.79 Å². The van der Waals surface area contributed by atoms with Crippen molar-refractivity contribution in [3.63, 3.8) is 0 Å². The number of nitrogens with one attached hydrogen (secondary N) is 2. The Bertz CT molecular complexity index is 1700. The predicted octanol–water partition coefficient (Wildman–Crippen LogP) is 5.46. The molecule has 0 radical (unpaired) electrons. The summed E-state index contributed by atoms with van der Waals surface area (Å²) in [5.74, 6) is 0.786. The number of benzene rings is 3. The Morgan fingerprint density at radius 1 is 0.980 bits per heavy atom. The highest BCUT2D eigenvalue weighted by Gasteiger charge is 2.32. The first-order chi connectivity index (χ1) is 24.4. The van der Waals surface area contributed by atoms with Crippen molar-refractivity contribution in [2.45, 2.75) is 63.2 Å². The van der Waals surface area contributed by atoms with Crippen LogP contribution in [0.1, 0.15) is 50.4 Å². The standard InChI is InChI=1S/C37H50N4O9S/c1-25-22-41(26(2)24-42)36(43)33-21-29(39-37(44)38-28-10-13-30(47-5)14-11-28)12-19-34(33)50-27(3)9-7-8-20-49-35(25)23-40(4)51(45,46)32-17-15-31(48-6)16-18-32/h10-19,21,25-27,35,42H,7-9,20,22-24H2,1-6H3,(H2,38,39,44)/t25-,26-,27-,35+/m0/s1. The molecule has 3 N–H and O–H groups in total. The molecule has 1 aliphatic heterocycles. The number of rotatable bonds is 10. The van der Waals surface area contributed by atoms with Crippen molar-refractivity contribution in [1.82, 2.24) is 9.21 Å². The van der Waals surface area contributed by atoms with Gasteiger partial charge in [-0.25, -0.2) is 13.2 Å². The lowest BCUT2D eigenvalue weighted by Gasteiger charge is -2.35. The second kappa shape index (κ2) is 18.2. The maximum Gasteiger partial charge on any atom is 0.323 e. The Balaban J connectivity index is 1.61. The maximum atomic E-state index is 14.4. The molecule has 3 amide bonds. The highest BCUT2D eigenvalue weighted by Crippen LogP contribution is 2.29. The molecule has 0 saturated heterocycles. The third-order valence-electron chi connectivity index (χ3n) is 8.86. The van der Waals surface area contributed by atoms with Crippen LogP contribution in [0.2, 0.25) is 0 Å². The van der Waals surface area contributed by atoms with Gasteiger partial charge >= 0.3 is 6.03 Å². The van der Waals surface area contributed by atoms with E-state index in [1.165, 1.54) is 30.6 Å². The number of amides is 3. The average molecular weight is 727 g/mol. The maximum absolute atomic E-state index is 14.4. The van der Waals surface area contributed by atoms with E-state index in [2.05, 4.69) is 10.6 Å². The topological polar surface area (TPSA) is 156 Å². The van der Waals surface area contributed by atoms with Gasteiger partial charge in [-0.15, -0.1) is 0 Å². The molecular weight excluding hydrogens is 676 g/mol. The van der Waals surface area contributed by atoms with Crippen LogP contribution in [0.25, 0.3) is 0 Å². The summed E-state index contributed by atoms with van der Waals surface area (Å²) >= 11 is 0. The molecule has 14 heteroatoms. The molecule has 0 aliphatic carbocycles. The van der Waals surface area contributed by atoms with Gasteiger partial charge in [-0.05, 0) is 99.8 Å². The highest BCUT2D eigenvalue weighted by atomic mass is 32.2. The lowest BCUT2D eigenvalue weighted by Crippen LogP contribution is -2.48. The smallest absolute Gasteiger partial charge is 0.323 e. The van der Waals surface area contributed by atoms with Gasteiger partial charge in [-0.2, -0.15) is 4.31 Å². The molecule has 0 unspecified atom stereocenters. The molecule has 4 atom stereocenters. The van der Waals surface area contributed by atoms with Crippen molar-refractivity contribution in [3.8, 4) is 17.2 Å². The first-order valence-electron chi connectivity index (χ1n) is 17.0. The van der Waals surface area contributed by atoms with Crippen molar-refractivity contribution in [2.75, 3.05) is 58.2 Å². The van der Waals surface area contributed by atoms with Gasteiger partial charge in [0.25, 0.3) is 5.91 Å². The van der Waals surface area contributed by atoms with Crippen molar-refractivity contribution < 1.29 is 42.1 Å². The summed E-state index contributed by atoms with van der Waals surface area (Å²) in [5.41, 5.74) is 1.13. The average Bonchev–Trinajstić information content (AvgIpc) is 3.12. The number of aliphatic hydroxyl groups is 1. The number of ether oxygens (including phenoxy) is 4. The van der Waals surface area contributed by atoms with Crippen molar-refractivity contribution in [3.05, 3.63) is 72.3 Å². The van der Waals surface area contributed by atoms with Crippen LogP contribution >= 0.6 is 0 Å². The SMILES string of the molecule is COc1ccc(NC(=O)Nc2ccc3c(c2)C(=O)N([C@@H](C)CO)C[C@H](C)[C@@H](CN(C)S(=O)(=O)c2ccc(OC)cc2)OCCCC[C@H](C)O3)cc1. The number of nitrogens with zero attached hydrogens (tertiary/aromatic N) is 2. The molecule has 13 nitrogen and oxygen atoms in total. The number of carbonyl (C=O) groups is 2. The molecule has 0 spiro atoms. The van der Waals surface area contributed by atoms with Crippen LogP contribution in [0.5, 0.6) is 17.2 Å². The van der Waals surface area contributed by atoms with E-state index in [4.69, 9.17) is 18.9 Å². The molecule has 51 heavy (non-hydrogen) atoms. The molecule has 1 aliphatic rings. The van der Waals surface area contributed by atoms with E-state index in [1.54, 1.807) is 73.5 Å².